The number of hydrogen-bond acceptors (Lipinski definition) is 8. The molecule has 0 saturated carbocycles. The van der Waals surface area contributed by atoms with Gasteiger partial charge in [0.1, 0.15) is 10.8 Å². The highest BCUT2D eigenvalue weighted by molar-refractivity contribution is 6.52. The highest BCUT2D eigenvalue weighted by atomic mass is 35.5. The van der Waals surface area contributed by atoms with Crippen molar-refractivity contribution in [3.05, 3.63) is 87.2 Å². The van der Waals surface area contributed by atoms with Crippen LogP contribution in [0.2, 0.25) is 10.0 Å². The number of hydrogen-bond donors (Lipinski definition) is 1. The molecular weight excluding hydrogens is 547 g/mol. The van der Waals surface area contributed by atoms with Crippen LogP contribution >= 0.6 is 23.2 Å². The number of carbonyl (C=O) groups is 3. The minimum atomic E-state index is -1.07. The predicted octanol–water partition coefficient (Wildman–Crippen LogP) is 5.60. The number of ether oxygens (including phenoxy) is 3. The zero-order chi connectivity index (χ0) is 28.3. The van der Waals surface area contributed by atoms with Crippen molar-refractivity contribution >= 4 is 52.3 Å². The van der Waals surface area contributed by atoms with Crippen LogP contribution < -0.4 is 14.4 Å². The van der Waals surface area contributed by atoms with Gasteiger partial charge < -0.3 is 19.3 Å². The van der Waals surface area contributed by atoms with Crippen LogP contribution in [0.4, 0.5) is 5.69 Å². The number of methoxy groups -OCH3 is 2. The Morgan fingerprint density at radius 3 is 2.36 bits per heavy atom. The average molecular weight is 571 g/mol. The zero-order valence-electron chi connectivity index (χ0n) is 21.2. The number of ketones is 1. The molecule has 1 atom stereocenters. The smallest absolute Gasteiger partial charge is 0.338 e. The van der Waals surface area contributed by atoms with E-state index in [1.807, 2.05) is 6.92 Å². The number of carbonyl (C=O) groups excluding carboxylic acids is 3. The number of benzene rings is 2. The Labute approximate surface area is 234 Å². The molecule has 11 heteroatoms. The lowest BCUT2D eigenvalue weighted by Crippen LogP contribution is -2.29. The number of nitrogens with zero attached hydrogens (tertiary/aromatic N) is 2. The second kappa shape index (κ2) is 11.8. The van der Waals surface area contributed by atoms with E-state index < -0.39 is 29.5 Å². The van der Waals surface area contributed by atoms with Gasteiger partial charge in [0.15, 0.2) is 11.5 Å². The monoisotopic (exact) mass is 570 g/mol. The van der Waals surface area contributed by atoms with Crippen LogP contribution in [0.5, 0.6) is 11.5 Å². The molecule has 1 aromatic heterocycles. The summed E-state index contributed by atoms with van der Waals surface area (Å²) in [6.45, 7) is 2.16. The first-order chi connectivity index (χ1) is 18.7. The van der Waals surface area contributed by atoms with Crippen molar-refractivity contribution < 1.29 is 33.7 Å². The molecule has 1 fully saturated rings. The Bertz CT molecular complexity index is 1460. The summed E-state index contributed by atoms with van der Waals surface area (Å²) < 4.78 is 15.8. The maximum Gasteiger partial charge on any atom is 0.338 e. The number of anilines is 1. The second-order valence-corrected chi connectivity index (χ2v) is 9.21. The van der Waals surface area contributed by atoms with Crippen molar-refractivity contribution in [3.8, 4) is 11.5 Å². The highest BCUT2D eigenvalue weighted by Crippen LogP contribution is 2.48. The van der Waals surface area contributed by atoms with Crippen molar-refractivity contribution in [1.29, 1.82) is 0 Å². The van der Waals surface area contributed by atoms with Crippen molar-refractivity contribution in [3.63, 3.8) is 0 Å². The Morgan fingerprint density at radius 2 is 1.77 bits per heavy atom. The average Bonchev–Trinajstić information content (AvgIpc) is 3.21. The van der Waals surface area contributed by atoms with E-state index in [4.69, 9.17) is 37.4 Å². The summed E-state index contributed by atoms with van der Waals surface area (Å²) >= 11 is 12.7. The van der Waals surface area contributed by atoms with Crippen LogP contribution in [0.15, 0.2) is 60.4 Å². The van der Waals surface area contributed by atoms with Crippen molar-refractivity contribution in [2.75, 3.05) is 25.7 Å². The van der Waals surface area contributed by atoms with Crippen LogP contribution in [0.3, 0.4) is 0 Å². The molecule has 1 unspecified atom stereocenters. The predicted molar refractivity (Wildman–Crippen MR) is 146 cm³/mol. The van der Waals surface area contributed by atoms with Gasteiger partial charge in [0.25, 0.3) is 11.7 Å². The van der Waals surface area contributed by atoms with Crippen molar-refractivity contribution in [2.45, 2.75) is 19.4 Å². The van der Waals surface area contributed by atoms with Gasteiger partial charge in [-0.05, 0) is 48.4 Å². The van der Waals surface area contributed by atoms with Gasteiger partial charge in [-0.15, -0.1) is 0 Å². The van der Waals surface area contributed by atoms with E-state index >= 15 is 0 Å². The molecule has 4 rings (SSSR count). The molecule has 1 amide bonds. The van der Waals surface area contributed by atoms with Crippen molar-refractivity contribution in [1.82, 2.24) is 4.98 Å². The van der Waals surface area contributed by atoms with E-state index in [-0.39, 0.29) is 44.9 Å². The zero-order valence-corrected chi connectivity index (χ0v) is 22.7. The molecule has 1 N–H and O–H groups in total. The Morgan fingerprint density at radius 1 is 1.08 bits per heavy atom. The summed E-state index contributed by atoms with van der Waals surface area (Å²) in [7, 11) is 2.70. The number of esters is 1. The molecular formula is C28H24Cl2N2O7. The number of pyridine rings is 1. The van der Waals surface area contributed by atoms with Crippen LogP contribution in [0.25, 0.3) is 5.76 Å². The molecule has 0 aliphatic carbocycles. The number of halogens is 2. The molecule has 1 aliphatic rings. The Kier molecular flexibility index (Phi) is 8.42. The molecule has 202 valence electrons. The van der Waals surface area contributed by atoms with E-state index in [2.05, 4.69) is 4.98 Å². The van der Waals surface area contributed by atoms with Crippen LogP contribution in [-0.2, 0) is 14.3 Å². The molecule has 0 spiro atoms. The number of rotatable bonds is 8. The van der Waals surface area contributed by atoms with Crippen molar-refractivity contribution in [2.24, 2.45) is 0 Å². The molecule has 0 radical (unpaired) electrons. The molecule has 0 bridgehead atoms. The lowest BCUT2D eigenvalue weighted by Gasteiger charge is -2.25. The molecule has 2 heterocycles. The third-order valence-electron chi connectivity index (χ3n) is 6.06. The summed E-state index contributed by atoms with van der Waals surface area (Å²) in [4.78, 5) is 44.4. The third kappa shape index (κ3) is 5.15. The van der Waals surface area contributed by atoms with Crippen LogP contribution in [-0.4, -0.2) is 48.6 Å². The topological polar surface area (TPSA) is 115 Å². The largest absolute Gasteiger partial charge is 0.507 e. The second-order valence-electron chi connectivity index (χ2n) is 8.42. The van der Waals surface area contributed by atoms with Gasteiger partial charge in [-0.25, -0.2) is 4.79 Å². The third-order valence-corrected chi connectivity index (χ3v) is 6.68. The van der Waals surface area contributed by atoms with Gasteiger partial charge in [0.2, 0.25) is 0 Å². The summed E-state index contributed by atoms with van der Waals surface area (Å²) in [6, 6.07) is 9.64. The Balaban J connectivity index is 1.89. The number of aromatic nitrogens is 1. The van der Waals surface area contributed by atoms with E-state index in [1.165, 1.54) is 55.6 Å². The standard InChI is InChI=1S/C28H24Cl2N2O7/c1-4-12-39-28(36)15-7-9-17(10-8-15)32-22(16-6-5-11-31-14-16)20(24(34)27(32)35)23(33)18-13-19(29)26(38-3)21(30)25(18)37-2/h5-11,13-14,22,33H,4,12H2,1-3H3/b23-20+. The fraction of sp³-hybridized carbons (Fsp3) is 0.214. The van der Waals surface area contributed by atoms with Gasteiger partial charge in [0, 0.05) is 18.1 Å². The Hall–Kier alpha value is -4.08. The first-order valence-corrected chi connectivity index (χ1v) is 12.6. The maximum absolute atomic E-state index is 13.4. The van der Waals surface area contributed by atoms with E-state index in [1.54, 1.807) is 18.3 Å². The highest BCUT2D eigenvalue weighted by Gasteiger charge is 2.47. The minimum absolute atomic E-state index is 0.00139. The summed E-state index contributed by atoms with van der Waals surface area (Å²) in [5.41, 5.74) is 0.822. The molecule has 2 aromatic carbocycles. The molecule has 1 saturated heterocycles. The fourth-order valence-corrected chi connectivity index (χ4v) is 4.97. The summed E-state index contributed by atoms with van der Waals surface area (Å²) in [5.74, 6) is -2.77. The molecule has 9 nitrogen and oxygen atoms in total. The number of aliphatic hydroxyl groups is 1. The van der Waals surface area contributed by atoms with Gasteiger partial charge in [0.05, 0.1) is 48.6 Å². The summed E-state index contributed by atoms with van der Waals surface area (Å²) in [6.07, 6.45) is 3.70. The molecule has 1 aliphatic heterocycles. The normalized spacial score (nSPS) is 16.3. The van der Waals surface area contributed by atoms with Gasteiger partial charge in [-0.1, -0.05) is 36.2 Å². The number of Topliss-reactive ketones (excluding diaryl/α,β-unsaturated/α-hetero) is 1. The molecule has 39 heavy (non-hydrogen) atoms. The van der Waals surface area contributed by atoms with Gasteiger partial charge >= 0.3 is 5.97 Å². The number of aliphatic hydroxyl groups excluding tert-OH is 1. The lowest BCUT2D eigenvalue weighted by atomic mass is 9.95. The quantitative estimate of drug-likeness (QED) is 0.161. The van der Waals surface area contributed by atoms with E-state index in [9.17, 15) is 19.5 Å². The summed E-state index contributed by atoms with van der Waals surface area (Å²) in [5, 5.41) is 11.5. The number of amides is 1. The van der Waals surface area contributed by atoms with Gasteiger partial charge in [-0.3, -0.25) is 19.5 Å². The molecule has 3 aromatic rings. The first-order valence-electron chi connectivity index (χ1n) is 11.8. The van der Waals surface area contributed by atoms with Crippen LogP contribution in [0, 0.1) is 0 Å². The SMILES string of the molecule is CCCOC(=O)c1ccc(N2C(=O)C(=O)/C(=C(/O)c3cc(Cl)c(OC)c(Cl)c3OC)C2c2cccnc2)cc1. The lowest BCUT2D eigenvalue weighted by molar-refractivity contribution is -0.132. The minimum Gasteiger partial charge on any atom is -0.507 e. The van der Waals surface area contributed by atoms with E-state index in [0.717, 1.165) is 0 Å². The van der Waals surface area contributed by atoms with Gasteiger partial charge in [-0.2, -0.15) is 0 Å². The fourth-order valence-electron chi connectivity index (χ4n) is 4.28. The van der Waals surface area contributed by atoms with E-state index in [0.29, 0.717) is 17.7 Å². The first kappa shape index (κ1) is 27.9. The maximum atomic E-state index is 13.4. The van der Waals surface area contributed by atoms with Crippen LogP contribution in [0.1, 0.15) is 40.9 Å².